The molecular weight excluding hydrogens is 348 g/mol. The van der Waals surface area contributed by atoms with Crippen molar-refractivity contribution in [1.29, 1.82) is 0 Å². The number of hydrogen-bond donors (Lipinski definition) is 1. The monoisotopic (exact) mass is 355 g/mol. The van der Waals surface area contributed by atoms with Crippen LogP contribution in [0.15, 0.2) is 57.2 Å². The Labute approximate surface area is 134 Å². The van der Waals surface area contributed by atoms with Gasteiger partial charge in [-0.3, -0.25) is 4.79 Å². The van der Waals surface area contributed by atoms with Gasteiger partial charge in [0.1, 0.15) is 16.5 Å². The number of aromatic amines is 1. The number of H-pyrrole nitrogens is 1. The van der Waals surface area contributed by atoms with E-state index in [-0.39, 0.29) is 20.8 Å². The van der Waals surface area contributed by atoms with Gasteiger partial charge in [-0.15, -0.1) is 0 Å². The predicted octanol–water partition coefficient (Wildman–Crippen LogP) is 3.29. The normalized spacial score (nSPS) is 11.8. The van der Waals surface area contributed by atoms with Crippen molar-refractivity contribution < 1.29 is 17.2 Å². The minimum atomic E-state index is -4.26. The molecule has 0 unspecified atom stereocenters. The number of benzene rings is 2. The van der Waals surface area contributed by atoms with Gasteiger partial charge in [-0.05, 0) is 30.3 Å². The molecule has 3 rings (SSSR count). The third-order valence-electron chi connectivity index (χ3n) is 3.27. The van der Waals surface area contributed by atoms with Crippen LogP contribution in [0, 0.1) is 11.6 Å². The summed E-state index contributed by atoms with van der Waals surface area (Å²) in [5.74, 6) is -1.53. The van der Waals surface area contributed by atoms with E-state index in [9.17, 15) is 22.0 Å². The number of nitrogens with one attached hydrogen (secondary N) is 1. The summed E-state index contributed by atoms with van der Waals surface area (Å²) < 4.78 is 52.0. The van der Waals surface area contributed by atoms with Crippen molar-refractivity contribution in [2.75, 3.05) is 0 Å². The number of pyridine rings is 1. The van der Waals surface area contributed by atoms with Gasteiger partial charge < -0.3 is 4.98 Å². The summed E-state index contributed by atoms with van der Waals surface area (Å²) in [6.07, 6.45) is 0.891. The molecule has 118 valence electrons. The first-order chi connectivity index (χ1) is 10.8. The molecule has 0 spiro atoms. The maximum Gasteiger partial charge on any atom is 0.212 e. The highest BCUT2D eigenvalue weighted by Gasteiger charge is 2.23. The van der Waals surface area contributed by atoms with Crippen LogP contribution in [-0.4, -0.2) is 13.4 Å². The fourth-order valence-electron chi connectivity index (χ4n) is 2.20. The van der Waals surface area contributed by atoms with E-state index in [2.05, 4.69) is 4.98 Å². The van der Waals surface area contributed by atoms with Crippen LogP contribution >= 0.6 is 11.6 Å². The molecule has 0 aliphatic rings. The molecule has 0 bridgehead atoms. The molecule has 4 nitrogen and oxygen atoms in total. The first-order valence-electron chi connectivity index (χ1n) is 6.32. The highest BCUT2D eigenvalue weighted by molar-refractivity contribution is 7.91. The molecule has 23 heavy (non-hydrogen) atoms. The standard InChI is InChI=1S/C15H8ClF2NO3S/c16-8-4-11-14(12(18)5-8)19-7-13(15(11)20)23(21,22)10-3-1-2-9(17)6-10/h1-7H,(H,19,20). The number of halogens is 3. The molecule has 0 aliphatic heterocycles. The minimum Gasteiger partial charge on any atom is -0.357 e. The summed E-state index contributed by atoms with van der Waals surface area (Å²) in [7, 11) is -4.26. The van der Waals surface area contributed by atoms with Crippen LogP contribution in [0.25, 0.3) is 10.9 Å². The maximum absolute atomic E-state index is 13.8. The minimum absolute atomic E-state index is 0.0409. The summed E-state index contributed by atoms with van der Waals surface area (Å²) in [6.45, 7) is 0. The lowest BCUT2D eigenvalue weighted by atomic mass is 10.2. The molecule has 1 N–H and O–H groups in total. The topological polar surface area (TPSA) is 67.0 Å². The molecule has 0 radical (unpaired) electrons. The summed E-state index contributed by atoms with van der Waals surface area (Å²) in [6, 6.07) is 6.44. The first kappa shape index (κ1) is 15.6. The van der Waals surface area contributed by atoms with Crippen LogP contribution < -0.4 is 5.43 Å². The Hall–Kier alpha value is -2.25. The zero-order valence-corrected chi connectivity index (χ0v) is 12.9. The molecule has 0 saturated heterocycles. The van der Waals surface area contributed by atoms with Crippen molar-refractivity contribution in [1.82, 2.24) is 4.98 Å². The lowest BCUT2D eigenvalue weighted by molar-refractivity contribution is 0.590. The van der Waals surface area contributed by atoms with Crippen LogP contribution in [0.2, 0.25) is 5.02 Å². The van der Waals surface area contributed by atoms with Crippen molar-refractivity contribution in [2.45, 2.75) is 9.79 Å². The fourth-order valence-corrected chi connectivity index (χ4v) is 3.75. The van der Waals surface area contributed by atoms with Gasteiger partial charge >= 0.3 is 0 Å². The smallest absolute Gasteiger partial charge is 0.212 e. The highest BCUT2D eigenvalue weighted by atomic mass is 35.5. The Bertz CT molecular complexity index is 1090. The molecule has 0 fully saturated rings. The van der Waals surface area contributed by atoms with E-state index in [1.807, 2.05) is 0 Å². The van der Waals surface area contributed by atoms with E-state index >= 15 is 0 Å². The van der Waals surface area contributed by atoms with E-state index in [1.54, 1.807) is 0 Å². The Morgan fingerprint density at radius 3 is 2.52 bits per heavy atom. The van der Waals surface area contributed by atoms with Crippen molar-refractivity contribution in [2.24, 2.45) is 0 Å². The highest BCUT2D eigenvalue weighted by Crippen LogP contribution is 2.23. The van der Waals surface area contributed by atoms with Crippen LogP contribution in [0.1, 0.15) is 0 Å². The average Bonchev–Trinajstić information content (AvgIpc) is 2.48. The Morgan fingerprint density at radius 1 is 1.09 bits per heavy atom. The molecule has 0 aliphatic carbocycles. The zero-order chi connectivity index (χ0) is 16.8. The summed E-state index contributed by atoms with van der Waals surface area (Å²) >= 11 is 5.71. The van der Waals surface area contributed by atoms with E-state index < -0.39 is 31.8 Å². The van der Waals surface area contributed by atoms with E-state index in [0.29, 0.717) is 0 Å². The maximum atomic E-state index is 13.8. The van der Waals surface area contributed by atoms with Crippen LogP contribution in [0.5, 0.6) is 0 Å². The second-order valence-corrected chi connectivity index (χ2v) is 7.11. The molecule has 2 aromatic carbocycles. The Morgan fingerprint density at radius 2 is 1.83 bits per heavy atom. The first-order valence-corrected chi connectivity index (χ1v) is 8.18. The van der Waals surface area contributed by atoms with Gasteiger partial charge in [0.25, 0.3) is 0 Å². The molecule has 3 aromatic rings. The fraction of sp³-hybridized carbons (Fsp3) is 0. The van der Waals surface area contributed by atoms with Crippen LogP contribution in [-0.2, 0) is 9.84 Å². The number of hydrogen-bond acceptors (Lipinski definition) is 3. The summed E-state index contributed by atoms with van der Waals surface area (Å²) in [5, 5.41) is -0.242. The van der Waals surface area contributed by atoms with Gasteiger partial charge in [-0.25, -0.2) is 17.2 Å². The number of fused-ring (bicyclic) bond motifs is 1. The van der Waals surface area contributed by atoms with Crippen molar-refractivity contribution in [3.05, 3.63) is 69.5 Å². The molecule has 1 heterocycles. The molecule has 8 heteroatoms. The molecule has 0 atom stereocenters. The summed E-state index contributed by atoms with van der Waals surface area (Å²) in [4.78, 5) is 13.9. The molecular formula is C15H8ClF2NO3S. The molecule has 0 amide bonds. The second-order valence-electron chi connectivity index (χ2n) is 4.75. The lowest BCUT2D eigenvalue weighted by Crippen LogP contribution is -2.16. The van der Waals surface area contributed by atoms with Gasteiger partial charge in [-0.2, -0.15) is 0 Å². The lowest BCUT2D eigenvalue weighted by Gasteiger charge is -2.06. The van der Waals surface area contributed by atoms with Gasteiger partial charge in [-0.1, -0.05) is 17.7 Å². The van der Waals surface area contributed by atoms with Crippen molar-refractivity contribution in [3.8, 4) is 0 Å². The number of aromatic nitrogens is 1. The van der Waals surface area contributed by atoms with E-state index in [0.717, 1.165) is 24.4 Å². The predicted molar refractivity (Wildman–Crippen MR) is 81.4 cm³/mol. The van der Waals surface area contributed by atoms with Gasteiger partial charge in [0.2, 0.25) is 15.3 Å². The Kier molecular flexibility index (Phi) is 3.69. The molecule has 1 aromatic heterocycles. The van der Waals surface area contributed by atoms with E-state index in [1.165, 1.54) is 18.2 Å². The Balaban J connectivity index is 2.33. The average molecular weight is 356 g/mol. The van der Waals surface area contributed by atoms with E-state index in [4.69, 9.17) is 11.6 Å². The quantitative estimate of drug-likeness (QED) is 0.767. The number of rotatable bonds is 2. The largest absolute Gasteiger partial charge is 0.357 e. The number of sulfone groups is 1. The third-order valence-corrected chi connectivity index (χ3v) is 5.24. The molecule has 0 saturated carbocycles. The van der Waals surface area contributed by atoms with Crippen LogP contribution in [0.4, 0.5) is 8.78 Å². The summed E-state index contributed by atoms with van der Waals surface area (Å²) in [5.41, 5.74) is -1.07. The van der Waals surface area contributed by atoms with Crippen LogP contribution in [0.3, 0.4) is 0 Å². The second kappa shape index (κ2) is 5.43. The zero-order valence-electron chi connectivity index (χ0n) is 11.3. The van der Waals surface area contributed by atoms with Crippen molar-refractivity contribution >= 4 is 32.3 Å². The van der Waals surface area contributed by atoms with Gasteiger partial charge in [0.05, 0.1) is 15.8 Å². The van der Waals surface area contributed by atoms with Gasteiger partial charge in [0, 0.05) is 11.2 Å². The third kappa shape index (κ3) is 2.62. The SMILES string of the molecule is O=c1c(S(=O)(=O)c2cccc(F)c2)c[nH]c2c(F)cc(Cl)cc12. The van der Waals surface area contributed by atoms with Gasteiger partial charge in [0.15, 0.2) is 0 Å². The van der Waals surface area contributed by atoms with Crippen molar-refractivity contribution in [3.63, 3.8) is 0 Å².